The van der Waals surface area contributed by atoms with E-state index >= 15 is 0 Å². The Morgan fingerprint density at radius 1 is 1.14 bits per heavy atom. The summed E-state index contributed by atoms with van der Waals surface area (Å²) in [6.07, 6.45) is 4.78. The first kappa shape index (κ1) is 21.0. The number of rotatable bonds is 9. The van der Waals surface area contributed by atoms with Crippen LogP contribution in [-0.2, 0) is 4.79 Å². The van der Waals surface area contributed by atoms with Crippen LogP contribution >= 0.6 is 0 Å². The number of hydrogen-bond donors (Lipinski definition) is 3. The number of hydrazone groups is 1. The first-order chi connectivity index (χ1) is 13.5. The second-order valence-electron chi connectivity index (χ2n) is 6.21. The molecule has 2 aromatic carbocycles. The molecule has 3 N–H and O–H groups in total. The van der Waals surface area contributed by atoms with E-state index in [1.54, 1.807) is 36.4 Å². The van der Waals surface area contributed by atoms with Crippen molar-refractivity contribution in [3.63, 3.8) is 0 Å². The van der Waals surface area contributed by atoms with E-state index in [4.69, 9.17) is 4.74 Å². The number of aromatic hydroxyl groups is 1. The number of benzene rings is 2. The lowest BCUT2D eigenvalue weighted by atomic mass is 10.1. The zero-order chi connectivity index (χ0) is 20.4. The number of ether oxygens (including phenoxy) is 1. The summed E-state index contributed by atoms with van der Waals surface area (Å²) in [4.78, 5) is 24.0. The maximum absolute atomic E-state index is 12.2. The third kappa shape index (κ3) is 6.42. The van der Waals surface area contributed by atoms with Crippen LogP contribution in [0.1, 0.15) is 48.5 Å². The number of phenols is 1. The molecule has 148 valence electrons. The molecule has 0 aliphatic rings. The molecule has 0 unspecified atom stereocenters. The van der Waals surface area contributed by atoms with E-state index in [0.29, 0.717) is 29.0 Å². The van der Waals surface area contributed by atoms with E-state index in [0.717, 1.165) is 19.3 Å². The van der Waals surface area contributed by atoms with Crippen LogP contribution in [-0.4, -0.2) is 30.2 Å². The molecule has 0 fully saturated rings. The lowest BCUT2D eigenvalue weighted by Gasteiger charge is -2.06. The van der Waals surface area contributed by atoms with Gasteiger partial charge in [-0.15, -0.1) is 0 Å². The van der Waals surface area contributed by atoms with E-state index in [1.807, 2.05) is 0 Å². The lowest BCUT2D eigenvalue weighted by molar-refractivity contribution is -0.116. The minimum absolute atomic E-state index is 0.0258. The molecule has 0 radical (unpaired) electrons. The number of methoxy groups -OCH3 is 1. The highest BCUT2D eigenvalue weighted by Crippen LogP contribution is 2.21. The monoisotopic (exact) mass is 383 g/mol. The number of carbonyl (C=O) groups excluding carboxylic acids is 2. The van der Waals surface area contributed by atoms with Crippen molar-refractivity contribution in [3.05, 3.63) is 53.6 Å². The summed E-state index contributed by atoms with van der Waals surface area (Å²) in [5.74, 6) is 0.156. The van der Waals surface area contributed by atoms with Gasteiger partial charge in [-0.05, 0) is 48.9 Å². The van der Waals surface area contributed by atoms with Gasteiger partial charge >= 0.3 is 0 Å². The van der Waals surface area contributed by atoms with E-state index in [2.05, 4.69) is 22.8 Å². The van der Waals surface area contributed by atoms with Gasteiger partial charge in [-0.2, -0.15) is 5.10 Å². The first-order valence-electron chi connectivity index (χ1n) is 9.13. The SMILES string of the molecule is CCCCCC(=O)Nc1ccc(C(=O)N/N=C/c2cc(OC)ccc2O)cc1. The number of anilines is 1. The standard InChI is InChI=1S/C21H25N3O4/c1-3-4-5-6-20(26)23-17-9-7-15(8-10-17)21(27)24-22-14-16-13-18(28-2)11-12-19(16)25/h7-14,25H,3-6H2,1-2H3,(H,23,26)(H,24,27)/b22-14+. The van der Waals surface area contributed by atoms with Crippen molar-refractivity contribution in [2.45, 2.75) is 32.6 Å². The summed E-state index contributed by atoms with van der Waals surface area (Å²) in [6, 6.07) is 11.3. The molecule has 0 bridgehead atoms. The molecule has 7 nitrogen and oxygen atoms in total. The average molecular weight is 383 g/mol. The largest absolute Gasteiger partial charge is 0.507 e. The van der Waals surface area contributed by atoms with Crippen LogP contribution in [0, 0.1) is 0 Å². The van der Waals surface area contributed by atoms with Crippen molar-refractivity contribution in [1.29, 1.82) is 0 Å². The van der Waals surface area contributed by atoms with Crippen molar-refractivity contribution in [3.8, 4) is 11.5 Å². The zero-order valence-electron chi connectivity index (χ0n) is 16.1. The van der Waals surface area contributed by atoms with E-state index in [9.17, 15) is 14.7 Å². The molecule has 0 spiro atoms. The van der Waals surface area contributed by atoms with Gasteiger partial charge in [-0.3, -0.25) is 9.59 Å². The highest BCUT2D eigenvalue weighted by Gasteiger charge is 2.06. The molecule has 7 heteroatoms. The summed E-state index contributed by atoms with van der Waals surface area (Å²) in [7, 11) is 1.52. The van der Waals surface area contributed by atoms with Crippen molar-refractivity contribution >= 4 is 23.7 Å². The number of hydrogen-bond acceptors (Lipinski definition) is 5. The van der Waals surface area contributed by atoms with E-state index in [1.165, 1.54) is 19.4 Å². The Balaban J connectivity index is 1.90. The molecule has 28 heavy (non-hydrogen) atoms. The summed E-state index contributed by atoms with van der Waals surface area (Å²) in [5, 5.41) is 16.5. The minimum Gasteiger partial charge on any atom is -0.507 e. The molecule has 0 atom stereocenters. The first-order valence-corrected chi connectivity index (χ1v) is 9.13. The van der Waals surface area contributed by atoms with Crippen molar-refractivity contribution in [2.24, 2.45) is 5.10 Å². The van der Waals surface area contributed by atoms with Crippen LogP contribution in [0.15, 0.2) is 47.6 Å². The zero-order valence-corrected chi connectivity index (χ0v) is 16.1. The summed E-state index contributed by atoms with van der Waals surface area (Å²) in [6.45, 7) is 2.09. The average Bonchev–Trinajstić information content (AvgIpc) is 2.70. The molecule has 2 amide bonds. The maximum Gasteiger partial charge on any atom is 0.271 e. The Bertz CT molecular complexity index is 832. The number of phenolic OH excluding ortho intramolecular Hbond substituents is 1. The number of unbranched alkanes of at least 4 members (excludes halogenated alkanes) is 2. The van der Waals surface area contributed by atoms with E-state index < -0.39 is 5.91 Å². The second kappa shape index (κ2) is 10.7. The van der Waals surface area contributed by atoms with Crippen LogP contribution in [0.5, 0.6) is 11.5 Å². The fourth-order valence-corrected chi connectivity index (χ4v) is 2.45. The quantitative estimate of drug-likeness (QED) is 0.349. The normalized spacial score (nSPS) is 10.6. The number of nitrogens with zero attached hydrogens (tertiary/aromatic N) is 1. The Morgan fingerprint density at radius 2 is 1.89 bits per heavy atom. The third-order valence-electron chi connectivity index (χ3n) is 4.04. The van der Waals surface area contributed by atoms with Crippen LogP contribution < -0.4 is 15.5 Å². The molecule has 0 saturated heterocycles. The molecule has 2 aromatic rings. The predicted molar refractivity (Wildman–Crippen MR) is 109 cm³/mol. The van der Waals surface area contributed by atoms with Crippen LogP contribution in [0.25, 0.3) is 0 Å². The van der Waals surface area contributed by atoms with Gasteiger partial charge in [0.2, 0.25) is 5.91 Å². The van der Waals surface area contributed by atoms with Crippen molar-refractivity contribution in [2.75, 3.05) is 12.4 Å². The molecule has 0 heterocycles. The van der Waals surface area contributed by atoms with Crippen molar-refractivity contribution < 1.29 is 19.4 Å². The van der Waals surface area contributed by atoms with Crippen LogP contribution in [0.2, 0.25) is 0 Å². The fraction of sp³-hybridized carbons (Fsp3) is 0.286. The molecular weight excluding hydrogens is 358 g/mol. The minimum atomic E-state index is -0.403. The van der Waals surface area contributed by atoms with Gasteiger partial charge in [0.05, 0.1) is 13.3 Å². The summed E-state index contributed by atoms with van der Waals surface area (Å²) in [5.41, 5.74) is 3.86. The smallest absolute Gasteiger partial charge is 0.271 e. The fourth-order valence-electron chi connectivity index (χ4n) is 2.45. The Kier molecular flexibility index (Phi) is 8.02. The maximum atomic E-state index is 12.2. The van der Waals surface area contributed by atoms with Crippen LogP contribution in [0.3, 0.4) is 0 Å². The second-order valence-corrected chi connectivity index (χ2v) is 6.21. The topological polar surface area (TPSA) is 100 Å². The summed E-state index contributed by atoms with van der Waals surface area (Å²) >= 11 is 0. The Hall–Kier alpha value is -3.35. The van der Waals surface area contributed by atoms with Gasteiger partial charge in [-0.25, -0.2) is 5.43 Å². The van der Waals surface area contributed by atoms with E-state index in [-0.39, 0.29) is 11.7 Å². The molecular formula is C21H25N3O4. The number of carbonyl (C=O) groups is 2. The van der Waals surface area contributed by atoms with Gasteiger partial charge in [0.25, 0.3) is 5.91 Å². The molecule has 0 aliphatic carbocycles. The van der Waals surface area contributed by atoms with Gasteiger partial charge in [0, 0.05) is 23.2 Å². The Labute approximate surface area is 164 Å². The number of nitrogens with one attached hydrogen (secondary N) is 2. The molecule has 0 aromatic heterocycles. The van der Waals surface area contributed by atoms with Gasteiger partial charge in [-0.1, -0.05) is 19.8 Å². The van der Waals surface area contributed by atoms with Gasteiger partial charge in [0.15, 0.2) is 0 Å². The molecule has 0 saturated carbocycles. The number of amides is 2. The molecule has 2 rings (SSSR count). The molecule has 0 aliphatic heterocycles. The summed E-state index contributed by atoms with van der Waals surface area (Å²) < 4.78 is 5.08. The highest BCUT2D eigenvalue weighted by atomic mass is 16.5. The van der Waals surface area contributed by atoms with Gasteiger partial charge < -0.3 is 15.2 Å². The lowest BCUT2D eigenvalue weighted by Crippen LogP contribution is -2.17. The van der Waals surface area contributed by atoms with Crippen molar-refractivity contribution in [1.82, 2.24) is 5.43 Å². The third-order valence-corrected chi connectivity index (χ3v) is 4.04. The highest BCUT2D eigenvalue weighted by molar-refractivity contribution is 5.96. The Morgan fingerprint density at radius 3 is 2.57 bits per heavy atom. The van der Waals surface area contributed by atoms with Crippen LogP contribution in [0.4, 0.5) is 5.69 Å². The predicted octanol–water partition coefficient (Wildman–Crippen LogP) is 3.68. The van der Waals surface area contributed by atoms with Gasteiger partial charge in [0.1, 0.15) is 11.5 Å².